The maximum absolute atomic E-state index is 11.8. The molecule has 0 radical (unpaired) electrons. The Bertz CT molecular complexity index is 3570. The number of aromatic hydroxyl groups is 6. The molecule has 0 amide bonds. The number of rotatable bonds is 12. The van der Waals surface area contributed by atoms with Gasteiger partial charge < -0.3 is 36.1 Å². The number of hydrogen-bond acceptors (Lipinski definition) is 12. The average Bonchev–Trinajstić information content (AvgIpc) is 1.37. The van der Waals surface area contributed by atoms with Crippen LogP contribution in [0.5, 0.6) is 34.5 Å². The summed E-state index contributed by atoms with van der Waals surface area (Å²) in [4.78, 5) is 15.0. The van der Waals surface area contributed by atoms with Crippen molar-refractivity contribution < 1.29 is 98.3 Å². The molecule has 0 aliphatic carbocycles. The van der Waals surface area contributed by atoms with E-state index in [1.54, 1.807) is 0 Å². The predicted octanol–water partition coefficient (Wildman–Crippen LogP) is 22.0. The molecule has 0 unspecified atom stereocenters. The van der Waals surface area contributed by atoms with E-state index in [1.807, 2.05) is 0 Å². The zero-order chi connectivity index (χ0) is 86.5. The number of nitrogens with zero attached hydrogens (tertiary/aromatic N) is 6. The van der Waals surface area contributed by atoms with E-state index in [4.69, 9.17) is 0 Å². The first-order valence-corrected chi connectivity index (χ1v) is 43.1. The number of hydrogen-bond donors (Lipinski definition) is 6. The van der Waals surface area contributed by atoms with E-state index < -0.39 is 0 Å². The maximum Gasteiger partial charge on any atom is 0.123 e. The van der Waals surface area contributed by atoms with Crippen molar-refractivity contribution in [3.05, 3.63) is 173 Å². The summed E-state index contributed by atoms with van der Waals surface area (Å²) in [6.45, 7) is 93.3. The molecule has 8 N–H and O–H groups in total. The Labute approximate surface area is 760 Å². The SMILES string of the molecule is CC(C)(C)c1cc(CN2CCN(Cc3cc(C(C)(C)C)cc(C(C)(C)C)c3O)CCN(Cc3cc(C(C)(C)C)cc(C(C)(C)C)c3O)CC2)c(O)c(C(C)(C)C)c1.CC(C)(C)c1cc(CN2CCN(Cc3cc(C(C)(C)C)cc(C(C)(C)C)c3O)CCN(Cc3cc(C(C)(C)C)cc(C(C)(C)C)c3O)CC2)c(O)c(C(C)(C)C)c1.O.[U].[U]. The van der Waals surface area contributed by atoms with Gasteiger partial charge in [-0.15, -0.1) is 0 Å². The number of phenolic OH excluding ortho intramolecular Hbond substituents is 6. The minimum atomic E-state index is -0.202. The standard InChI is InChI=1S/2C51H81N3O3.H2O.2U/c2*1-46(2,3)37-25-34(43(55)40(28-37)49(10,11)12)31-52-19-21-53(32-35-26-38(47(4,5)6)29-41(44(35)56)50(13,14)15)23-24-54(22-20-52)33-36-27-39(48(7,8)9)30-42(45(36)57)51(16,17)18;;;/h2*25-30,55-57H,19-24,31-33H2,1-18H3;1H2;;. The predicted molar refractivity (Wildman–Crippen MR) is 488 cm³/mol. The van der Waals surface area contributed by atoms with Gasteiger partial charge in [-0.25, -0.2) is 0 Å². The molecular formula is C102H164N6O7U2. The molecule has 117 heavy (non-hydrogen) atoms. The minimum absolute atomic E-state index is 0. The average molecular weight is 2060 g/mol. The fourth-order valence-corrected chi connectivity index (χ4v) is 15.7. The monoisotopic (exact) mass is 2060 g/mol. The van der Waals surface area contributed by atoms with E-state index in [9.17, 15) is 30.6 Å². The second-order valence-corrected chi connectivity index (χ2v) is 46.8. The normalized spacial score (nSPS) is 16.3. The molecule has 2 aliphatic rings. The van der Waals surface area contributed by atoms with Crippen molar-refractivity contribution in [2.24, 2.45) is 0 Å². The Morgan fingerprint density at radius 2 is 0.274 bits per heavy atom. The summed E-state index contributed by atoms with van der Waals surface area (Å²) in [5.41, 5.74) is 17.6. The van der Waals surface area contributed by atoms with Crippen LogP contribution >= 0.6 is 0 Å². The Hall–Kier alpha value is -4.06. The van der Waals surface area contributed by atoms with Crippen LogP contribution < -0.4 is 0 Å². The molecule has 2 fully saturated rings. The smallest absolute Gasteiger partial charge is 0.123 e. The first kappa shape index (κ1) is 105. The van der Waals surface area contributed by atoms with E-state index in [1.165, 1.54) is 33.4 Å². The second kappa shape index (κ2) is 39.0. The minimum Gasteiger partial charge on any atom is -0.507 e. The molecule has 2 aliphatic heterocycles. The summed E-state index contributed by atoms with van der Waals surface area (Å²) in [6.07, 6.45) is 0. The molecule has 13 nitrogen and oxygen atoms in total. The molecule has 0 atom stereocenters. The third-order valence-corrected chi connectivity index (χ3v) is 23.9. The Kier molecular flexibility index (Phi) is 35.1. The Balaban J connectivity index is 0.000000480. The molecule has 15 heteroatoms. The van der Waals surface area contributed by atoms with E-state index in [0.717, 1.165) is 145 Å². The summed E-state index contributed by atoms with van der Waals surface area (Å²) in [6, 6.07) is 26.6. The van der Waals surface area contributed by atoms with E-state index in [-0.39, 0.29) is 133 Å². The van der Waals surface area contributed by atoms with Gasteiger partial charge in [0.25, 0.3) is 0 Å². The molecule has 2 saturated heterocycles. The van der Waals surface area contributed by atoms with Gasteiger partial charge in [0, 0.05) is 213 Å². The van der Waals surface area contributed by atoms with Crippen LogP contribution in [0, 0.1) is 62.2 Å². The van der Waals surface area contributed by atoms with Crippen molar-refractivity contribution in [1.29, 1.82) is 0 Å². The largest absolute Gasteiger partial charge is 0.507 e. The van der Waals surface area contributed by atoms with Crippen LogP contribution in [0.2, 0.25) is 0 Å². The summed E-state index contributed by atoms with van der Waals surface area (Å²) in [5.74, 6) is 2.42. The van der Waals surface area contributed by atoms with Crippen molar-refractivity contribution in [2.45, 2.75) is 354 Å². The van der Waals surface area contributed by atoms with Crippen LogP contribution in [0.25, 0.3) is 0 Å². The summed E-state index contributed by atoms with van der Waals surface area (Å²) >= 11 is 0. The van der Waals surface area contributed by atoms with Crippen LogP contribution in [0.15, 0.2) is 72.8 Å². The van der Waals surface area contributed by atoms with Crippen LogP contribution in [0.1, 0.15) is 349 Å². The molecule has 2 heterocycles. The third-order valence-electron chi connectivity index (χ3n) is 23.9. The zero-order valence-electron chi connectivity index (χ0n) is 80.5. The van der Waals surface area contributed by atoms with Gasteiger partial charge in [0.1, 0.15) is 34.5 Å². The van der Waals surface area contributed by atoms with Crippen LogP contribution in [0.4, 0.5) is 0 Å². The first-order chi connectivity index (χ1) is 51.5. The zero-order valence-corrected chi connectivity index (χ0v) is 88.9. The van der Waals surface area contributed by atoms with Crippen molar-refractivity contribution in [3.63, 3.8) is 0 Å². The van der Waals surface area contributed by atoms with Crippen LogP contribution in [0.3, 0.4) is 0 Å². The Morgan fingerprint density at radius 1 is 0.179 bits per heavy atom. The maximum atomic E-state index is 11.8. The van der Waals surface area contributed by atoms with Gasteiger partial charge in [0.05, 0.1) is 0 Å². The Morgan fingerprint density at radius 3 is 0.350 bits per heavy atom. The fraction of sp³-hybridized carbons (Fsp3) is 0.647. The number of phenols is 6. The molecule has 6 aromatic carbocycles. The summed E-state index contributed by atoms with van der Waals surface area (Å²) < 4.78 is 0. The summed E-state index contributed by atoms with van der Waals surface area (Å²) in [7, 11) is 0. The quantitative estimate of drug-likeness (QED) is 0.0686. The topological polar surface area (TPSA) is 172 Å². The van der Waals surface area contributed by atoms with E-state index in [0.29, 0.717) is 73.8 Å². The molecule has 0 aromatic heterocycles. The van der Waals surface area contributed by atoms with Gasteiger partial charge in [0.2, 0.25) is 0 Å². The molecule has 0 bridgehead atoms. The van der Waals surface area contributed by atoms with E-state index >= 15 is 0 Å². The molecule has 652 valence electrons. The molecule has 0 saturated carbocycles. The van der Waals surface area contributed by atoms with Gasteiger partial charge in [-0.3, -0.25) is 29.4 Å². The van der Waals surface area contributed by atoms with Gasteiger partial charge in [-0.2, -0.15) is 0 Å². The first-order valence-electron chi connectivity index (χ1n) is 43.1. The fourth-order valence-electron chi connectivity index (χ4n) is 15.7. The van der Waals surface area contributed by atoms with Gasteiger partial charge in [-0.1, -0.05) is 322 Å². The van der Waals surface area contributed by atoms with E-state index in [2.05, 4.69) is 351 Å². The van der Waals surface area contributed by atoms with Crippen molar-refractivity contribution in [1.82, 2.24) is 29.4 Å². The van der Waals surface area contributed by atoms with Crippen molar-refractivity contribution >= 4 is 0 Å². The third kappa shape index (κ3) is 28.5. The second-order valence-electron chi connectivity index (χ2n) is 46.8. The molecule has 8 rings (SSSR count). The molecular weight excluding hydrogens is 1900 g/mol. The van der Waals surface area contributed by atoms with Gasteiger partial charge in [-0.05, 0) is 132 Å². The van der Waals surface area contributed by atoms with Crippen LogP contribution in [-0.2, 0) is 104 Å². The van der Waals surface area contributed by atoms with Crippen molar-refractivity contribution in [2.75, 3.05) is 78.5 Å². The van der Waals surface area contributed by atoms with Gasteiger partial charge in [0.15, 0.2) is 0 Å². The van der Waals surface area contributed by atoms with Crippen LogP contribution in [-0.4, -0.2) is 144 Å². The summed E-state index contributed by atoms with van der Waals surface area (Å²) in [5, 5.41) is 71.1. The molecule has 0 spiro atoms. The molecule has 6 aromatic rings. The van der Waals surface area contributed by atoms with Gasteiger partial charge >= 0.3 is 0 Å². The number of benzene rings is 6. The van der Waals surface area contributed by atoms with Crippen molar-refractivity contribution in [3.8, 4) is 34.5 Å².